The van der Waals surface area contributed by atoms with Gasteiger partial charge in [0, 0.05) is 7.47 Å². The van der Waals surface area contributed by atoms with Crippen molar-refractivity contribution >= 4 is 23.3 Å². The minimum atomic E-state index is -0.495. The van der Waals surface area contributed by atoms with Crippen molar-refractivity contribution in [2.45, 2.75) is 32.7 Å². The van der Waals surface area contributed by atoms with Gasteiger partial charge in [0.25, 0.3) is 5.91 Å². The highest BCUT2D eigenvalue weighted by Gasteiger charge is 2.29. The zero-order valence-corrected chi connectivity index (χ0v) is 14.3. The fraction of sp³-hybridized carbons (Fsp3) is 0.333. The van der Waals surface area contributed by atoms with Crippen LogP contribution in [-0.4, -0.2) is 29.3 Å². The maximum Gasteiger partial charge on any atom is 0.286 e. The number of amides is 1. The largest absolute Gasteiger partial charge is 0.379 e. The fourth-order valence-electron chi connectivity index (χ4n) is 2.25. The molecule has 0 saturated heterocycles. The quantitative estimate of drug-likeness (QED) is 0.485. The Balaban J connectivity index is 0.00000338. The summed E-state index contributed by atoms with van der Waals surface area (Å²) in [7, 11) is 0. The Kier molecular flexibility index (Phi) is 5.80. The van der Waals surface area contributed by atoms with E-state index in [0.29, 0.717) is 17.1 Å². The molecule has 0 radical (unpaired) electrons. The van der Waals surface area contributed by atoms with Crippen LogP contribution in [0, 0.1) is 22.6 Å². The van der Waals surface area contributed by atoms with Crippen LogP contribution in [0.15, 0.2) is 40.9 Å². The summed E-state index contributed by atoms with van der Waals surface area (Å²) in [5.41, 5.74) is 6.66. The highest BCUT2D eigenvalue weighted by atomic mass is 19.1. The van der Waals surface area contributed by atoms with Crippen molar-refractivity contribution < 1.29 is 10.6 Å². The molecule has 1 aromatic rings. The van der Waals surface area contributed by atoms with Gasteiger partial charge in [0.1, 0.15) is 11.7 Å². The van der Waals surface area contributed by atoms with Crippen LogP contribution in [0.1, 0.15) is 33.7 Å². The predicted octanol–water partition coefficient (Wildman–Crippen LogP) is 2.64. The topological polar surface area (TPSA) is 115 Å². The van der Waals surface area contributed by atoms with Gasteiger partial charge in [-0.15, -0.1) is 0 Å². The van der Waals surface area contributed by atoms with E-state index in [1.807, 2.05) is 6.92 Å². The molecule has 0 unspecified atom stereocenters. The van der Waals surface area contributed by atoms with Crippen molar-refractivity contribution in [2.24, 2.45) is 16.6 Å². The first-order valence-corrected chi connectivity index (χ1v) is 8.04. The smallest absolute Gasteiger partial charge is 0.286 e. The lowest BCUT2D eigenvalue weighted by molar-refractivity contribution is -0.115. The molecule has 1 saturated carbocycles. The first kappa shape index (κ1) is 18.5. The van der Waals surface area contributed by atoms with Crippen LogP contribution in [0.2, 0.25) is 0 Å². The monoisotopic (exact) mass is 345 g/mol. The zero-order valence-electron chi connectivity index (χ0n) is 14.3. The van der Waals surface area contributed by atoms with Crippen molar-refractivity contribution in [2.75, 3.05) is 0 Å². The molecule has 1 aliphatic rings. The van der Waals surface area contributed by atoms with E-state index in [-0.39, 0.29) is 30.7 Å². The molecule has 1 amide bonds. The number of hydrogen-bond donors (Lipinski definition) is 4. The Morgan fingerprint density at radius 1 is 1.40 bits per heavy atom. The number of allylic oxidation sites excluding steroid dienone is 1. The number of hydrogen-bond acceptors (Lipinski definition) is 3. The van der Waals surface area contributed by atoms with E-state index in [1.54, 1.807) is 6.92 Å². The van der Waals surface area contributed by atoms with Crippen LogP contribution in [0.4, 0.5) is 4.39 Å². The molecule has 2 rings (SSSR count). The molecule has 1 aromatic carbocycles. The lowest BCUT2D eigenvalue weighted by Crippen LogP contribution is -2.42. The molecule has 1 aliphatic carbocycles. The molecule has 5 N–H and O–H groups in total. The van der Waals surface area contributed by atoms with Gasteiger partial charge in [0.05, 0.1) is 5.71 Å². The predicted molar refractivity (Wildman–Crippen MR) is 98.8 cm³/mol. The standard InChI is InChI=1S/C18H22FN5O.H2/c1-10(9-15(20)13-5-7-14(19)8-6-13)16(21)24-17(22)18(25)23-11(2)12-3-4-12;/h5-9,11-12,20H,3-4H2,1-2H3,(H,23,25)(H3,21,22,24);1H/b10-9-,20-15?;/t11-;/m0./s1. The summed E-state index contributed by atoms with van der Waals surface area (Å²) in [4.78, 5) is 15.8. The maximum atomic E-state index is 12.9. The first-order valence-electron chi connectivity index (χ1n) is 8.04. The van der Waals surface area contributed by atoms with Gasteiger partial charge in [-0.05, 0) is 74.1 Å². The van der Waals surface area contributed by atoms with Crippen molar-refractivity contribution in [1.82, 2.24) is 5.32 Å². The summed E-state index contributed by atoms with van der Waals surface area (Å²) >= 11 is 0. The van der Waals surface area contributed by atoms with E-state index in [9.17, 15) is 9.18 Å². The van der Waals surface area contributed by atoms with E-state index in [4.69, 9.17) is 16.6 Å². The summed E-state index contributed by atoms with van der Waals surface area (Å²) in [5, 5.41) is 18.7. The van der Waals surface area contributed by atoms with Crippen LogP contribution in [0.25, 0.3) is 0 Å². The molecule has 0 aliphatic heterocycles. The Bertz CT molecular complexity index is 753. The van der Waals surface area contributed by atoms with E-state index in [1.165, 1.54) is 30.3 Å². The Hall–Kier alpha value is -2.83. The molecule has 1 fully saturated rings. The number of nitrogens with two attached hydrogens (primary N) is 1. The van der Waals surface area contributed by atoms with Crippen LogP contribution >= 0.6 is 0 Å². The summed E-state index contributed by atoms with van der Waals surface area (Å²) in [6.07, 6.45) is 3.63. The van der Waals surface area contributed by atoms with Gasteiger partial charge in [-0.3, -0.25) is 10.2 Å². The van der Waals surface area contributed by atoms with Crippen molar-refractivity contribution in [3.8, 4) is 0 Å². The molecular formula is C18H24FN5O. The third-order valence-electron chi connectivity index (χ3n) is 4.04. The SMILES string of the molecule is C/C(=C/C(=N)c1ccc(F)cc1)C(=N)N=C(N)C(=O)N[C@@H](C)C1CC1.[HH]. The van der Waals surface area contributed by atoms with E-state index in [0.717, 1.165) is 12.8 Å². The summed E-state index contributed by atoms with van der Waals surface area (Å²) < 4.78 is 12.9. The minimum absolute atomic E-state index is 0. The van der Waals surface area contributed by atoms with Crippen LogP contribution in [-0.2, 0) is 4.79 Å². The molecule has 25 heavy (non-hydrogen) atoms. The van der Waals surface area contributed by atoms with Gasteiger partial charge >= 0.3 is 0 Å². The lowest BCUT2D eigenvalue weighted by atomic mass is 10.1. The number of amidine groups is 2. The van der Waals surface area contributed by atoms with Gasteiger partial charge < -0.3 is 16.5 Å². The average molecular weight is 345 g/mol. The Labute approximate surface area is 147 Å². The number of nitrogens with one attached hydrogen (secondary N) is 3. The molecule has 1 atom stereocenters. The molecule has 7 heteroatoms. The van der Waals surface area contributed by atoms with Gasteiger partial charge in [0.2, 0.25) is 0 Å². The molecule has 0 aromatic heterocycles. The lowest BCUT2D eigenvalue weighted by Gasteiger charge is -2.12. The number of benzene rings is 1. The summed E-state index contributed by atoms with van der Waals surface area (Å²) in [6, 6.07) is 5.53. The second-order valence-corrected chi connectivity index (χ2v) is 6.19. The average Bonchev–Trinajstić information content (AvgIpc) is 3.40. The highest BCUT2D eigenvalue weighted by molar-refractivity contribution is 6.39. The molecule has 0 heterocycles. The van der Waals surface area contributed by atoms with E-state index in [2.05, 4.69) is 10.3 Å². The fourth-order valence-corrected chi connectivity index (χ4v) is 2.25. The zero-order chi connectivity index (χ0) is 18.6. The number of nitrogens with zero attached hydrogens (tertiary/aromatic N) is 1. The summed E-state index contributed by atoms with van der Waals surface area (Å²) in [5.74, 6) is -0.856. The van der Waals surface area contributed by atoms with Gasteiger partial charge in [-0.2, -0.15) is 0 Å². The normalized spacial score (nSPS) is 16.3. The minimum Gasteiger partial charge on any atom is -0.379 e. The van der Waals surface area contributed by atoms with E-state index < -0.39 is 5.91 Å². The highest BCUT2D eigenvalue weighted by Crippen LogP contribution is 2.32. The number of carbonyl (C=O) groups excluding carboxylic acids is 1. The summed E-state index contributed by atoms with van der Waals surface area (Å²) in [6.45, 7) is 3.52. The van der Waals surface area contributed by atoms with Crippen molar-refractivity contribution in [3.63, 3.8) is 0 Å². The van der Waals surface area contributed by atoms with E-state index >= 15 is 0 Å². The number of halogens is 1. The van der Waals surface area contributed by atoms with Crippen LogP contribution < -0.4 is 11.1 Å². The Morgan fingerprint density at radius 2 is 2.00 bits per heavy atom. The second-order valence-electron chi connectivity index (χ2n) is 6.19. The first-order chi connectivity index (χ1) is 11.8. The third kappa shape index (κ3) is 5.34. The number of aliphatic imine (C=N–C) groups is 1. The second kappa shape index (κ2) is 7.83. The number of rotatable bonds is 5. The molecule has 0 spiro atoms. The molecule has 134 valence electrons. The van der Waals surface area contributed by atoms with Crippen LogP contribution in [0.5, 0.6) is 0 Å². The van der Waals surface area contributed by atoms with Gasteiger partial charge in [-0.25, -0.2) is 9.38 Å². The van der Waals surface area contributed by atoms with Crippen LogP contribution in [0.3, 0.4) is 0 Å². The van der Waals surface area contributed by atoms with Gasteiger partial charge in [0.15, 0.2) is 5.84 Å². The maximum absolute atomic E-state index is 12.9. The van der Waals surface area contributed by atoms with Crippen molar-refractivity contribution in [1.29, 1.82) is 10.8 Å². The van der Waals surface area contributed by atoms with Crippen molar-refractivity contribution in [3.05, 3.63) is 47.3 Å². The van der Waals surface area contributed by atoms with Gasteiger partial charge in [-0.1, -0.05) is 0 Å². The molecular weight excluding hydrogens is 321 g/mol. The molecule has 6 nitrogen and oxygen atoms in total. The third-order valence-corrected chi connectivity index (χ3v) is 4.04. The number of carbonyl (C=O) groups is 1. The molecule has 0 bridgehead atoms. The Morgan fingerprint density at radius 3 is 2.56 bits per heavy atom.